The highest BCUT2D eigenvalue weighted by atomic mass is 35.5. The van der Waals surface area contributed by atoms with Gasteiger partial charge in [0.05, 0.1) is 23.4 Å². The molecule has 2 heterocycles. The summed E-state index contributed by atoms with van der Waals surface area (Å²) in [4.78, 5) is 12.5. The summed E-state index contributed by atoms with van der Waals surface area (Å²) in [7, 11) is 0. The fraction of sp³-hybridized carbons (Fsp3) is 0. The van der Waals surface area contributed by atoms with E-state index in [4.69, 9.17) is 23.9 Å². The van der Waals surface area contributed by atoms with Gasteiger partial charge in [-0.2, -0.15) is 15.0 Å². The van der Waals surface area contributed by atoms with Crippen molar-refractivity contribution in [1.82, 2.24) is 19.5 Å². The van der Waals surface area contributed by atoms with Gasteiger partial charge in [-0.3, -0.25) is 4.57 Å². The molecule has 124 valence electrons. The molecule has 2 aromatic heterocycles. The fourth-order valence-corrected chi connectivity index (χ4v) is 2.95. The Bertz CT molecular complexity index is 1690. The quantitative estimate of drug-likeness (QED) is 0.427. The molecule has 0 bridgehead atoms. The molecule has 0 saturated carbocycles. The summed E-state index contributed by atoms with van der Waals surface area (Å²) in [5.41, 5.74) is 0.291. The van der Waals surface area contributed by atoms with Gasteiger partial charge < -0.3 is 0 Å². The Hall–Kier alpha value is -3.24. The Balaban J connectivity index is 1.93. The highest BCUT2D eigenvalue weighted by molar-refractivity contribution is 6.28. The Kier molecular flexibility index (Phi) is 1.92. The van der Waals surface area contributed by atoms with E-state index in [1.807, 2.05) is 0 Å². The third kappa shape index (κ3) is 2.35. The molecular formula is C21H13ClN4. The van der Waals surface area contributed by atoms with Crippen molar-refractivity contribution in [3.63, 3.8) is 0 Å². The minimum Gasteiger partial charge on any atom is -0.278 e. The van der Waals surface area contributed by atoms with Crippen molar-refractivity contribution in [3.8, 4) is 17.3 Å². The summed E-state index contributed by atoms with van der Waals surface area (Å²) >= 11 is 6.18. The third-order valence-corrected chi connectivity index (χ3v) is 3.99. The van der Waals surface area contributed by atoms with Crippen LogP contribution in [-0.2, 0) is 0 Å². The molecule has 0 N–H and O–H groups in total. The molecule has 5 aromatic rings. The molecule has 0 unspecified atom stereocenters. The number of para-hydroxylation sites is 2. The summed E-state index contributed by atoms with van der Waals surface area (Å²) in [6.07, 6.45) is 0. The van der Waals surface area contributed by atoms with Gasteiger partial charge in [-0.1, -0.05) is 66.5 Å². The lowest BCUT2D eigenvalue weighted by atomic mass is 10.2. The highest BCUT2D eigenvalue weighted by Gasteiger charge is 2.15. The number of hydrogen-bond donors (Lipinski definition) is 0. The largest absolute Gasteiger partial charge is 0.278 e. The standard InChI is InChI=1S/C21H13ClN4/c22-20-23-19(14-8-2-1-3-9-14)24-21(25-20)26-17-12-6-4-10-15(17)16-11-5-7-13-18(16)26/h1-13H/i1D,2D,3D,4D,6D,8D,9D,10D,12D. The number of aromatic nitrogens is 4. The summed E-state index contributed by atoms with van der Waals surface area (Å²) in [6.45, 7) is 0. The average Bonchev–Trinajstić information content (AvgIpc) is 3.19. The average molecular weight is 366 g/mol. The van der Waals surface area contributed by atoms with Gasteiger partial charge in [0, 0.05) is 16.3 Å². The normalized spacial score (nSPS) is 16.1. The number of fused-ring (bicyclic) bond motifs is 3. The monoisotopic (exact) mass is 365 g/mol. The lowest BCUT2D eigenvalue weighted by molar-refractivity contribution is 0.947. The van der Waals surface area contributed by atoms with E-state index in [1.54, 1.807) is 24.3 Å². The van der Waals surface area contributed by atoms with Crippen LogP contribution in [0.3, 0.4) is 0 Å². The highest BCUT2D eigenvalue weighted by Crippen LogP contribution is 2.31. The van der Waals surface area contributed by atoms with Crippen molar-refractivity contribution in [2.24, 2.45) is 0 Å². The van der Waals surface area contributed by atoms with E-state index in [0.717, 1.165) is 0 Å². The first-order valence-corrected chi connectivity index (χ1v) is 7.91. The maximum atomic E-state index is 8.52. The second kappa shape index (κ2) is 5.93. The fourth-order valence-electron chi connectivity index (χ4n) is 2.79. The molecule has 26 heavy (non-hydrogen) atoms. The lowest BCUT2D eigenvalue weighted by Crippen LogP contribution is -2.04. The van der Waals surface area contributed by atoms with E-state index in [-0.39, 0.29) is 51.6 Å². The van der Waals surface area contributed by atoms with E-state index < -0.39 is 36.3 Å². The van der Waals surface area contributed by atoms with Crippen LogP contribution in [-0.4, -0.2) is 19.5 Å². The predicted octanol–water partition coefficient (Wildman–Crippen LogP) is 5.29. The first-order valence-electron chi connectivity index (χ1n) is 12.0. The van der Waals surface area contributed by atoms with Gasteiger partial charge in [0.25, 0.3) is 0 Å². The number of halogens is 1. The minimum absolute atomic E-state index is 0.103. The number of benzene rings is 3. The van der Waals surface area contributed by atoms with E-state index >= 15 is 0 Å². The summed E-state index contributed by atoms with van der Waals surface area (Å²) in [6, 6.07) is 2.70. The summed E-state index contributed by atoms with van der Waals surface area (Å²) < 4.78 is 74.8. The third-order valence-electron chi connectivity index (χ3n) is 3.83. The van der Waals surface area contributed by atoms with E-state index in [0.29, 0.717) is 10.9 Å². The predicted molar refractivity (Wildman–Crippen MR) is 105 cm³/mol. The van der Waals surface area contributed by atoms with Crippen molar-refractivity contribution in [2.75, 3.05) is 0 Å². The molecule has 0 saturated heterocycles. The molecule has 3 aromatic carbocycles. The SMILES string of the molecule is [2H]c1c([2H])c([2H])c(-c2nc(Cl)nc(-n3c4ccccc4c4c([2H])c([2H])c([2H])c([2H])c43)n2)c([2H])c1[2H]. The van der Waals surface area contributed by atoms with Crippen molar-refractivity contribution >= 4 is 33.4 Å². The minimum atomic E-state index is -0.567. The van der Waals surface area contributed by atoms with Gasteiger partial charge in [0.1, 0.15) is 0 Å². The van der Waals surface area contributed by atoms with Crippen LogP contribution in [0, 0.1) is 0 Å². The maximum absolute atomic E-state index is 8.52. The van der Waals surface area contributed by atoms with Crippen LogP contribution in [0.15, 0.2) is 78.6 Å². The molecule has 0 aliphatic carbocycles. The van der Waals surface area contributed by atoms with Gasteiger partial charge in [0.2, 0.25) is 11.2 Å². The molecule has 0 aliphatic heterocycles. The van der Waals surface area contributed by atoms with Gasteiger partial charge in [0.15, 0.2) is 5.82 Å². The summed E-state index contributed by atoms with van der Waals surface area (Å²) in [5, 5.41) is 0.450. The molecule has 0 radical (unpaired) electrons. The molecule has 0 amide bonds. The second-order valence-corrected chi connectivity index (χ2v) is 5.64. The van der Waals surface area contributed by atoms with Crippen LogP contribution < -0.4 is 0 Å². The number of hydrogen-bond acceptors (Lipinski definition) is 3. The van der Waals surface area contributed by atoms with Crippen LogP contribution in [0.2, 0.25) is 5.28 Å². The smallest absolute Gasteiger partial charge is 0.239 e. The molecule has 5 rings (SSSR count). The molecule has 0 aliphatic rings. The van der Waals surface area contributed by atoms with Crippen molar-refractivity contribution in [2.45, 2.75) is 0 Å². The number of rotatable bonds is 2. The Morgan fingerprint density at radius 1 is 0.769 bits per heavy atom. The van der Waals surface area contributed by atoms with Gasteiger partial charge in [-0.05, 0) is 23.7 Å². The second-order valence-electron chi connectivity index (χ2n) is 5.30. The summed E-state index contributed by atoms with van der Waals surface area (Å²) in [5.74, 6) is -0.410. The van der Waals surface area contributed by atoms with E-state index in [2.05, 4.69) is 15.0 Å². The lowest BCUT2D eigenvalue weighted by Gasteiger charge is -2.08. The number of nitrogens with zero attached hydrogens (tertiary/aromatic N) is 4. The molecule has 0 spiro atoms. The van der Waals surface area contributed by atoms with Gasteiger partial charge in [-0.15, -0.1) is 0 Å². The Labute approximate surface area is 167 Å². The zero-order chi connectivity index (χ0) is 25.3. The molecule has 4 nitrogen and oxygen atoms in total. The van der Waals surface area contributed by atoms with Crippen LogP contribution >= 0.6 is 11.6 Å². The van der Waals surface area contributed by atoms with Gasteiger partial charge in [-0.25, -0.2) is 0 Å². The zero-order valence-corrected chi connectivity index (χ0v) is 13.7. The van der Waals surface area contributed by atoms with E-state index in [1.165, 1.54) is 4.57 Å². The molecular weight excluding hydrogens is 344 g/mol. The molecule has 5 heteroatoms. The zero-order valence-electron chi connectivity index (χ0n) is 22.0. The molecule has 0 atom stereocenters. The van der Waals surface area contributed by atoms with Crippen molar-refractivity contribution in [3.05, 3.63) is 83.9 Å². The first-order chi connectivity index (χ1) is 16.5. The van der Waals surface area contributed by atoms with Crippen molar-refractivity contribution < 1.29 is 12.3 Å². The van der Waals surface area contributed by atoms with E-state index in [9.17, 15) is 0 Å². The Morgan fingerprint density at radius 3 is 2.42 bits per heavy atom. The first kappa shape index (κ1) is 8.43. The maximum Gasteiger partial charge on any atom is 0.239 e. The van der Waals surface area contributed by atoms with Crippen LogP contribution in [0.5, 0.6) is 0 Å². The Morgan fingerprint density at radius 2 is 1.54 bits per heavy atom. The van der Waals surface area contributed by atoms with Crippen LogP contribution in [0.4, 0.5) is 0 Å². The van der Waals surface area contributed by atoms with Crippen molar-refractivity contribution in [1.29, 1.82) is 0 Å². The molecule has 0 fully saturated rings. The van der Waals surface area contributed by atoms with Crippen LogP contribution in [0.25, 0.3) is 39.1 Å². The topological polar surface area (TPSA) is 43.6 Å². The van der Waals surface area contributed by atoms with Gasteiger partial charge >= 0.3 is 0 Å². The van der Waals surface area contributed by atoms with Crippen LogP contribution in [0.1, 0.15) is 12.3 Å².